The maximum absolute atomic E-state index is 12.2. The molecule has 0 radical (unpaired) electrons. The minimum atomic E-state index is -4.51. The molecule has 26 heavy (non-hydrogen) atoms. The minimum Gasteiger partial charge on any atom is -0.483 e. The predicted molar refractivity (Wildman–Crippen MR) is 88.2 cm³/mol. The van der Waals surface area contributed by atoms with Crippen molar-refractivity contribution in [3.8, 4) is 17.9 Å². The summed E-state index contributed by atoms with van der Waals surface area (Å²) in [4.78, 5) is 12.0. The number of carbonyl (C=O) groups is 1. The van der Waals surface area contributed by atoms with Crippen LogP contribution in [0.25, 0.3) is 0 Å². The van der Waals surface area contributed by atoms with Crippen LogP contribution in [-0.4, -0.2) is 30.8 Å². The number of hydrogen-bond acceptors (Lipinski definition) is 5. The first-order valence-electron chi connectivity index (χ1n) is 7.70. The maximum atomic E-state index is 12.2. The van der Waals surface area contributed by atoms with E-state index >= 15 is 0 Å². The topological polar surface area (TPSA) is 97.9 Å². The molecule has 0 aliphatic rings. The summed E-state index contributed by atoms with van der Waals surface area (Å²) in [6.07, 6.45) is -4.51. The molecule has 1 amide bonds. The molecule has 1 atom stereocenters. The van der Waals surface area contributed by atoms with Crippen molar-refractivity contribution in [2.45, 2.75) is 32.5 Å². The molecule has 1 aromatic carbocycles. The Morgan fingerprint density at radius 2 is 1.96 bits per heavy atom. The first kappa shape index (κ1) is 21.1. The van der Waals surface area contributed by atoms with Gasteiger partial charge in [0.25, 0.3) is 0 Å². The third-order valence-electron chi connectivity index (χ3n) is 3.73. The smallest absolute Gasteiger partial charge is 0.422 e. The van der Waals surface area contributed by atoms with Gasteiger partial charge in [-0.3, -0.25) is 4.79 Å². The summed E-state index contributed by atoms with van der Waals surface area (Å²) >= 11 is 0. The second-order valence-electron chi connectivity index (χ2n) is 6.10. The summed E-state index contributed by atoms with van der Waals surface area (Å²) in [5, 5.41) is 23.6. The molecular formula is C17H19F3N4O2. The quantitative estimate of drug-likeness (QED) is 0.771. The van der Waals surface area contributed by atoms with E-state index in [9.17, 15) is 23.2 Å². The second kappa shape index (κ2) is 8.43. The van der Waals surface area contributed by atoms with Gasteiger partial charge in [0, 0.05) is 5.69 Å². The Kier molecular flexibility index (Phi) is 6.85. The molecule has 0 spiro atoms. The third-order valence-corrected chi connectivity index (χ3v) is 3.73. The molecule has 0 aliphatic carbocycles. The molecular weight excluding hydrogens is 349 g/mol. The lowest BCUT2D eigenvalue weighted by atomic mass is 9.90. The average Bonchev–Trinajstić information content (AvgIpc) is 2.57. The molecule has 0 aromatic heterocycles. The van der Waals surface area contributed by atoms with Crippen LogP contribution < -0.4 is 15.4 Å². The van der Waals surface area contributed by atoms with E-state index in [1.807, 2.05) is 6.07 Å². The highest BCUT2D eigenvalue weighted by atomic mass is 19.4. The number of nitrogens with one attached hydrogen (secondary N) is 2. The number of nitriles is 2. The molecule has 1 aromatic rings. The molecule has 1 rings (SSSR count). The number of benzene rings is 1. The number of halogens is 3. The van der Waals surface area contributed by atoms with Crippen molar-refractivity contribution in [3.05, 3.63) is 23.8 Å². The summed E-state index contributed by atoms with van der Waals surface area (Å²) in [5.74, 6) is -0.734. The monoisotopic (exact) mass is 368 g/mol. The molecule has 0 fully saturated rings. The van der Waals surface area contributed by atoms with E-state index < -0.39 is 24.2 Å². The fourth-order valence-corrected chi connectivity index (χ4v) is 1.83. The van der Waals surface area contributed by atoms with Crippen LogP contribution in [0.4, 0.5) is 18.9 Å². The number of carbonyl (C=O) groups excluding carboxylic acids is 1. The molecule has 0 heterocycles. The van der Waals surface area contributed by atoms with Crippen LogP contribution >= 0.6 is 0 Å². The van der Waals surface area contributed by atoms with Crippen molar-refractivity contribution in [3.63, 3.8) is 0 Å². The van der Waals surface area contributed by atoms with Crippen LogP contribution in [0.5, 0.6) is 5.75 Å². The van der Waals surface area contributed by atoms with Crippen molar-refractivity contribution >= 4 is 11.6 Å². The number of nitrogens with zero attached hydrogens (tertiary/aromatic N) is 2. The molecule has 2 N–H and O–H groups in total. The van der Waals surface area contributed by atoms with Gasteiger partial charge in [-0.25, -0.2) is 0 Å². The fraction of sp³-hybridized carbons (Fsp3) is 0.471. The molecule has 9 heteroatoms. The highest BCUT2D eigenvalue weighted by Gasteiger charge is 2.30. The van der Waals surface area contributed by atoms with Gasteiger partial charge >= 0.3 is 6.18 Å². The zero-order chi connectivity index (χ0) is 20.0. The number of rotatable bonds is 7. The number of amides is 1. The maximum Gasteiger partial charge on any atom is 0.422 e. The number of alkyl halides is 3. The van der Waals surface area contributed by atoms with E-state index in [2.05, 4.69) is 15.4 Å². The van der Waals surface area contributed by atoms with E-state index in [0.717, 1.165) is 0 Å². The lowest BCUT2D eigenvalue weighted by Crippen LogP contribution is -2.50. The van der Waals surface area contributed by atoms with Crippen molar-refractivity contribution < 1.29 is 22.7 Å². The zero-order valence-electron chi connectivity index (χ0n) is 14.6. The molecule has 0 aliphatic heterocycles. The summed E-state index contributed by atoms with van der Waals surface area (Å²) in [6, 6.07) is 7.69. The Morgan fingerprint density at radius 3 is 2.46 bits per heavy atom. The number of anilines is 1. The van der Waals surface area contributed by atoms with Gasteiger partial charge in [0.05, 0.1) is 18.2 Å². The molecule has 140 valence electrons. The Bertz CT molecular complexity index is 735. The third kappa shape index (κ3) is 6.17. The van der Waals surface area contributed by atoms with Crippen LogP contribution in [0.3, 0.4) is 0 Å². The largest absolute Gasteiger partial charge is 0.483 e. The van der Waals surface area contributed by atoms with E-state index in [1.54, 1.807) is 26.8 Å². The summed E-state index contributed by atoms with van der Waals surface area (Å²) in [5.41, 5.74) is -0.755. The van der Waals surface area contributed by atoms with E-state index in [4.69, 9.17) is 5.26 Å². The van der Waals surface area contributed by atoms with Crippen molar-refractivity contribution in [2.75, 3.05) is 18.5 Å². The Balaban J connectivity index is 2.73. The van der Waals surface area contributed by atoms with Gasteiger partial charge in [0.2, 0.25) is 5.91 Å². The Morgan fingerprint density at radius 1 is 1.31 bits per heavy atom. The van der Waals surface area contributed by atoms with Gasteiger partial charge in [-0.15, -0.1) is 0 Å². The van der Waals surface area contributed by atoms with E-state index in [-0.39, 0.29) is 23.8 Å². The number of hydrogen-bond donors (Lipinski definition) is 2. The van der Waals surface area contributed by atoms with Crippen LogP contribution in [0.1, 0.15) is 26.3 Å². The molecule has 0 saturated heterocycles. The van der Waals surface area contributed by atoms with Gasteiger partial charge < -0.3 is 15.4 Å². The predicted octanol–water partition coefficient (Wildman–Crippen LogP) is 2.97. The average molecular weight is 368 g/mol. The lowest BCUT2D eigenvalue weighted by Gasteiger charge is -2.27. The Labute approximate surface area is 149 Å². The van der Waals surface area contributed by atoms with Crippen LogP contribution in [0.2, 0.25) is 0 Å². The van der Waals surface area contributed by atoms with Crippen molar-refractivity contribution in [1.82, 2.24) is 5.32 Å². The number of ether oxygens (including phenoxy) is 1. The normalized spacial score (nSPS) is 13.3. The lowest BCUT2D eigenvalue weighted by molar-refractivity contribution is -0.153. The van der Waals surface area contributed by atoms with Crippen molar-refractivity contribution in [1.29, 1.82) is 10.5 Å². The minimum absolute atomic E-state index is 0.0938. The first-order chi connectivity index (χ1) is 12.0. The summed E-state index contributed by atoms with van der Waals surface area (Å²) < 4.78 is 41.2. The van der Waals surface area contributed by atoms with Gasteiger partial charge in [0.1, 0.15) is 17.4 Å². The van der Waals surface area contributed by atoms with Crippen LogP contribution in [0, 0.1) is 28.6 Å². The zero-order valence-corrected chi connectivity index (χ0v) is 14.6. The standard InChI is InChI=1S/C17H19F3N4O2/c1-11(2)16(3,9-22)24-15(25)8-23-13-4-5-14(12(6-13)7-21)26-10-17(18,19)20/h4-6,11,23H,8,10H2,1-3H3,(H,24,25). The van der Waals surface area contributed by atoms with Gasteiger partial charge in [-0.1, -0.05) is 13.8 Å². The first-order valence-corrected chi connectivity index (χ1v) is 7.70. The molecule has 0 bridgehead atoms. The molecule has 1 unspecified atom stereocenters. The van der Waals surface area contributed by atoms with Crippen LogP contribution in [-0.2, 0) is 4.79 Å². The van der Waals surface area contributed by atoms with Gasteiger partial charge in [0.15, 0.2) is 6.61 Å². The van der Waals surface area contributed by atoms with Crippen LogP contribution in [0.15, 0.2) is 18.2 Å². The SMILES string of the molecule is CC(C)C(C)(C#N)NC(=O)CNc1ccc(OCC(F)(F)F)c(C#N)c1. The summed E-state index contributed by atoms with van der Waals surface area (Å²) in [7, 11) is 0. The van der Waals surface area contributed by atoms with E-state index in [0.29, 0.717) is 5.69 Å². The second-order valence-corrected chi connectivity index (χ2v) is 6.10. The molecule has 0 saturated carbocycles. The Hall–Kier alpha value is -2.94. The fourth-order valence-electron chi connectivity index (χ4n) is 1.83. The highest BCUT2D eigenvalue weighted by molar-refractivity contribution is 5.82. The van der Waals surface area contributed by atoms with Gasteiger partial charge in [-0.2, -0.15) is 23.7 Å². The van der Waals surface area contributed by atoms with Crippen molar-refractivity contribution in [2.24, 2.45) is 5.92 Å². The molecule has 6 nitrogen and oxygen atoms in total. The van der Waals surface area contributed by atoms with E-state index in [1.165, 1.54) is 18.2 Å². The van der Waals surface area contributed by atoms with Gasteiger partial charge in [-0.05, 0) is 31.0 Å². The highest BCUT2D eigenvalue weighted by Crippen LogP contribution is 2.24. The summed E-state index contributed by atoms with van der Waals surface area (Å²) in [6.45, 7) is 3.54.